The fourth-order valence-electron chi connectivity index (χ4n) is 1.94. The maximum atomic E-state index is 11.7. The zero-order valence-electron chi connectivity index (χ0n) is 10.0. The molecule has 0 heterocycles. The number of sulfonamides is 1. The van der Waals surface area contributed by atoms with E-state index in [9.17, 15) is 13.2 Å². The van der Waals surface area contributed by atoms with E-state index in [1.807, 2.05) is 0 Å². The van der Waals surface area contributed by atoms with Crippen molar-refractivity contribution in [3.8, 4) is 0 Å². The molecule has 6 nitrogen and oxygen atoms in total. The molecule has 3 N–H and O–H groups in total. The molecular weight excluding hydrogens is 244 g/mol. The van der Waals surface area contributed by atoms with Crippen molar-refractivity contribution >= 4 is 16.0 Å². The summed E-state index contributed by atoms with van der Waals surface area (Å²) in [5, 5.41) is 0. The molecule has 0 aromatic carbocycles. The van der Waals surface area contributed by atoms with Gasteiger partial charge in [-0.2, -0.15) is 0 Å². The van der Waals surface area contributed by atoms with Gasteiger partial charge in [-0.3, -0.25) is 4.79 Å². The summed E-state index contributed by atoms with van der Waals surface area (Å²) in [7, 11) is -3.64. The smallest absolute Gasteiger partial charge is 0.322 e. The van der Waals surface area contributed by atoms with Crippen molar-refractivity contribution in [3.63, 3.8) is 0 Å². The summed E-state index contributed by atoms with van der Waals surface area (Å²) in [6.45, 7) is 1.81. The number of nitrogens with two attached hydrogens (primary N) is 1. The first-order chi connectivity index (χ1) is 7.94. The summed E-state index contributed by atoms with van der Waals surface area (Å²) in [5.41, 5.74) is 5.83. The van der Waals surface area contributed by atoms with Crippen molar-refractivity contribution in [2.24, 2.45) is 5.73 Å². The van der Waals surface area contributed by atoms with Crippen LogP contribution >= 0.6 is 0 Å². The lowest BCUT2D eigenvalue weighted by molar-refractivity contribution is -0.139. The Bertz CT molecular complexity index is 355. The van der Waals surface area contributed by atoms with Gasteiger partial charge in [0, 0.05) is 12.1 Å². The van der Waals surface area contributed by atoms with Gasteiger partial charge in [0.15, 0.2) is 5.75 Å². The molecular formula is C10H20N2O4S. The van der Waals surface area contributed by atoms with Gasteiger partial charge in [-0.1, -0.05) is 12.8 Å². The third kappa shape index (κ3) is 5.01. The lowest BCUT2D eigenvalue weighted by Crippen LogP contribution is -2.50. The summed E-state index contributed by atoms with van der Waals surface area (Å²) in [4.78, 5) is 11.1. The normalized spacial score (nSPS) is 25.5. The van der Waals surface area contributed by atoms with E-state index in [2.05, 4.69) is 9.46 Å². The molecule has 7 heteroatoms. The van der Waals surface area contributed by atoms with Crippen LogP contribution in [0.4, 0.5) is 0 Å². The number of esters is 1. The second-order valence-electron chi connectivity index (χ2n) is 4.24. The first kappa shape index (κ1) is 14.4. The van der Waals surface area contributed by atoms with Crippen molar-refractivity contribution in [2.45, 2.75) is 44.7 Å². The van der Waals surface area contributed by atoms with E-state index in [0.29, 0.717) is 0 Å². The number of ether oxygens (including phenoxy) is 1. The van der Waals surface area contributed by atoms with Crippen molar-refractivity contribution < 1.29 is 17.9 Å². The molecule has 100 valence electrons. The first-order valence-corrected chi connectivity index (χ1v) is 7.51. The van der Waals surface area contributed by atoms with Gasteiger partial charge in [0.1, 0.15) is 0 Å². The molecule has 0 aromatic rings. The van der Waals surface area contributed by atoms with Crippen LogP contribution in [0.5, 0.6) is 0 Å². The van der Waals surface area contributed by atoms with Crippen molar-refractivity contribution in [1.82, 2.24) is 4.72 Å². The Labute approximate surface area is 102 Å². The topological polar surface area (TPSA) is 98.5 Å². The molecule has 2 unspecified atom stereocenters. The summed E-state index contributed by atoms with van der Waals surface area (Å²) >= 11 is 0. The summed E-state index contributed by atoms with van der Waals surface area (Å²) in [6.07, 6.45) is 3.52. The molecule has 0 aromatic heterocycles. The highest BCUT2D eigenvalue weighted by Gasteiger charge is 2.27. The van der Waals surface area contributed by atoms with E-state index in [1.165, 1.54) is 0 Å². The van der Waals surface area contributed by atoms with E-state index in [4.69, 9.17) is 5.73 Å². The Morgan fingerprint density at radius 2 is 2.06 bits per heavy atom. The zero-order valence-corrected chi connectivity index (χ0v) is 10.8. The fraction of sp³-hybridized carbons (Fsp3) is 0.900. The van der Waals surface area contributed by atoms with Gasteiger partial charge in [0.05, 0.1) is 6.61 Å². The molecule has 17 heavy (non-hydrogen) atoms. The van der Waals surface area contributed by atoms with Crippen LogP contribution in [0.2, 0.25) is 0 Å². The van der Waals surface area contributed by atoms with E-state index >= 15 is 0 Å². The van der Waals surface area contributed by atoms with Gasteiger partial charge in [-0.25, -0.2) is 13.1 Å². The van der Waals surface area contributed by atoms with Gasteiger partial charge >= 0.3 is 5.97 Å². The largest absolute Gasteiger partial charge is 0.465 e. The quantitative estimate of drug-likeness (QED) is 0.667. The molecule has 1 aliphatic carbocycles. The monoisotopic (exact) mass is 264 g/mol. The molecule has 1 rings (SSSR count). The number of carbonyl (C=O) groups excluding carboxylic acids is 1. The van der Waals surface area contributed by atoms with Crippen LogP contribution in [-0.4, -0.2) is 38.8 Å². The molecule has 0 spiro atoms. The minimum Gasteiger partial charge on any atom is -0.465 e. The number of hydrogen-bond acceptors (Lipinski definition) is 5. The molecule has 0 saturated heterocycles. The molecule has 0 amide bonds. The minimum absolute atomic E-state index is 0.166. The van der Waals surface area contributed by atoms with Gasteiger partial charge in [-0.15, -0.1) is 0 Å². The second kappa shape index (κ2) is 6.32. The van der Waals surface area contributed by atoms with E-state index in [-0.39, 0.29) is 18.7 Å². The lowest BCUT2D eigenvalue weighted by atomic mass is 9.92. The summed E-state index contributed by atoms with van der Waals surface area (Å²) < 4.78 is 30.4. The third-order valence-electron chi connectivity index (χ3n) is 2.76. The summed E-state index contributed by atoms with van der Waals surface area (Å²) in [5.74, 6) is -1.37. The van der Waals surface area contributed by atoms with Crippen molar-refractivity contribution in [3.05, 3.63) is 0 Å². The molecule has 1 aliphatic rings. The van der Waals surface area contributed by atoms with Crippen LogP contribution in [0.15, 0.2) is 0 Å². The molecule has 2 atom stereocenters. The Hall–Kier alpha value is -0.660. The van der Waals surface area contributed by atoms with Gasteiger partial charge in [-0.05, 0) is 19.8 Å². The molecule has 1 saturated carbocycles. The van der Waals surface area contributed by atoms with Gasteiger partial charge in [0.2, 0.25) is 10.0 Å². The predicted octanol–water partition coefficient (Wildman–Crippen LogP) is -0.261. The zero-order chi connectivity index (χ0) is 12.9. The number of rotatable bonds is 5. The Kier molecular flexibility index (Phi) is 5.35. The highest BCUT2D eigenvalue weighted by molar-refractivity contribution is 7.90. The maximum absolute atomic E-state index is 11.7. The lowest BCUT2D eigenvalue weighted by Gasteiger charge is -2.28. The molecule has 0 aliphatic heterocycles. The maximum Gasteiger partial charge on any atom is 0.322 e. The number of hydrogen-bond donors (Lipinski definition) is 2. The Morgan fingerprint density at radius 1 is 1.41 bits per heavy atom. The van der Waals surface area contributed by atoms with E-state index < -0.39 is 21.7 Å². The average molecular weight is 264 g/mol. The van der Waals surface area contributed by atoms with E-state index in [0.717, 1.165) is 25.7 Å². The van der Waals surface area contributed by atoms with Crippen LogP contribution in [0.3, 0.4) is 0 Å². The highest BCUT2D eigenvalue weighted by atomic mass is 32.2. The number of carbonyl (C=O) groups is 1. The van der Waals surface area contributed by atoms with Crippen molar-refractivity contribution in [2.75, 3.05) is 12.4 Å². The Balaban J connectivity index is 2.50. The molecule has 0 radical (unpaired) electrons. The first-order valence-electron chi connectivity index (χ1n) is 5.86. The third-order valence-corrected chi connectivity index (χ3v) is 4.04. The standard InChI is InChI=1S/C10H20N2O4S/c1-2-16-10(13)7-17(14,15)12-9-6-4-3-5-8(9)11/h8-9,12H,2-7,11H2,1H3. The van der Waals surface area contributed by atoms with Crippen LogP contribution in [0.25, 0.3) is 0 Å². The summed E-state index contributed by atoms with van der Waals surface area (Å²) in [6, 6.07) is -0.427. The molecule has 1 fully saturated rings. The highest BCUT2D eigenvalue weighted by Crippen LogP contribution is 2.17. The second-order valence-corrected chi connectivity index (χ2v) is 5.99. The van der Waals surface area contributed by atoms with Crippen LogP contribution in [0, 0.1) is 0 Å². The van der Waals surface area contributed by atoms with Crippen molar-refractivity contribution in [1.29, 1.82) is 0 Å². The van der Waals surface area contributed by atoms with Gasteiger partial charge in [0.25, 0.3) is 0 Å². The van der Waals surface area contributed by atoms with Crippen LogP contribution in [0.1, 0.15) is 32.6 Å². The van der Waals surface area contributed by atoms with Crippen LogP contribution < -0.4 is 10.5 Å². The van der Waals surface area contributed by atoms with Crippen LogP contribution in [-0.2, 0) is 19.6 Å². The predicted molar refractivity (Wildman–Crippen MR) is 63.8 cm³/mol. The molecule has 0 bridgehead atoms. The van der Waals surface area contributed by atoms with E-state index in [1.54, 1.807) is 6.92 Å². The Morgan fingerprint density at radius 3 is 2.65 bits per heavy atom. The minimum atomic E-state index is -3.64. The van der Waals surface area contributed by atoms with Gasteiger partial charge < -0.3 is 10.5 Å². The SMILES string of the molecule is CCOC(=O)CS(=O)(=O)NC1CCCCC1N. The number of nitrogens with one attached hydrogen (secondary N) is 1. The average Bonchev–Trinajstić information content (AvgIpc) is 2.20. The fourth-order valence-corrected chi connectivity index (χ4v) is 3.17.